The molecule has 0 bridgehead atoms. The summed E-state index contributed by atoms with van der Waals surface area (Å²) in [6, 6.07) is 8.20. The van der Waals surface area contributed by atoms with E-state index < -0.39 is 0 Å². The molecule has 0 aliphatic heterocycles. The summed E-state index contributed by atoms with van der Waals surface area (Å²) in [5.74, 6) is 0.492. The normalized spacial score (nSPS) is 12.9. The van der Waals surface area contributed by atoms with Crippen molar-refractivity contribution in [1.82, 2.24) is 9.55 Å². The van der Waals surface area contributed by atoms with Gasteiger partial charge in [0.25, 0.3) is 0 Å². The molecule has 1 atom stereocenters. The molecule has 4 heteroatoms. The summed E-state index contributed by atoms with van der Waals surface area (Å²) in [4.78, 5) is 3.14. The predicted molar refractivity (Wildman–Crippen MR) is 71.4 cm³/mol. The summed E-state index contributed by atoms with van der Waals surface area (Å²) in [6.45, 7) is 6.48. The Morgan fingerprint density at radius 3 is 2.65 bits per heavy atom. The van der Waals surface area contributed by atoms with Gasteiger partial charge in [-0.05, 0) is 37.2 Å². The van der Waals surface area contributed by atoms with Crippen LogP contribution in [0.3, 0.4) is 0 Å². The lowest BCUT2D eigenvalue weighted by atomic mass is 10.1. The van der Waals surface area contributed by atoms with Crippen molar-refractivity contribution in [2.24, 2.45) is 5.92 Å². The maximum absolute atomic E-state index is 9.07. The van der Waals surface area contributed by atoms with E-state index in [9.17, 15) is 0 Å². The van der Waals surface area contributed by atoms with Crippen LogP contribution in [0.2, 0.25) is 0 Å². The van der Waals surface area contributed by atoms with Crippen LogP contribution in [0.4, 0.5) is 0 Å². The monoisotopic (exact) mass is 245 g/mol. The van der Waals surface area contributed by atoms with Gasteiger partial charge in [0.05, 0.1) is 16.6 Å². The molecule has 0 fully saturated rings. The number of imidazole rings is 1. The second-order valence-corrected chi connectivity index (χ2v) is 4.98. The molecule has 0 saturated heterocycles. The molecule has 0 saturated carbocycles. The van der Waals surface area contributed by atoms with Crippen LogP contribution < -0.4 is 0 Å². The molecule has 1 heterocycles. The Labute approximate surface area is 106 Å². The highest BCUT2D eigenvalue weighted by Gasteiger charge is 2.15. The minimum Gasteiger partial charge on any atom is -0.329 e. The number of nitrogens with zero attached hydrogens (tertiary/aromatic N) is 2. The second-order valence-electron chi connectivity index (χ2n) is 4.60. The minimum atomic E-state index is 0.310. The fourth-order valence-corrected chi connectivity index (χ4v) is 2.31. The first-order chi connectivity index (χ1) is 8.06. The molecule has 88 valence electrons. The number of H-pyrrole nitrogens is 1. The van der Waals surface area contributed by atoms with Gasteiger partial charge >= 0.3 is 0 Å². The Morgan fingerprint density at radius 2 is 2.06 bits per heavy atom. The predicted octanol–water partition coefficient (Wildman–Crippen LogP) is 3.79. The third kappa shape index (κ3) is 1.87. The van der Waals surface area contributed by atoms with Crippen molar-refractivity contribution in [1.29, 1.82) is 5.26 Å². The summed E-state index contributed by atoms with van der Waals surface area (Å²) in [6.07, 6.45) is 0. The summed E-state index contributed by atoms with van der Waals surface area (Å²) >= 11 is 5.35. The molecule has 1 aromatic carbocycles. The molecule has 0 amide bonds. The van der Waals surface area contributed by atoms with Gasteiger partial charge in [-0.3, -0.25) is 0 Å². The third-order valence-electron chi connectivity index (χ3n) is 3.25. The molecule has 0 aliphatic carbocycles. The highest BCUT2D eigenvalue weighted by molar-refractivity contribution is 7.71. The maximum Gasteiger partial charge on any atom is 0.178 e. The standard InChI is InChI=1S/C13H15N3S/c1-8(2)9(3)16-11-6-4-5-10(7-14)12(11)15-13(16)17/h4-6,8-9H,1-3H3,(H,15,17). The molecule has 0 radical (unpaired) electrons. The van der Waals surface area contributed by atoms with E-state index in [1.54, 1.807) is 6.07 Å². The highest BCUT2D eigenvalue weighted by atomic mass is 32.1. The number of hydrogen-bond donors (Lipinski definition) is 1. The van der Waals surface area contributed by atoms with Crippen molar-refractivity contribution in [2.75, 3.05) is 0 Å². The van der Waals surface area contributed by atoms with E-state index >= 15 is 0 Å². The van der Waals surface area contributed by atoms with E-state index in [-0.39, 0.29) is 0 Å². The van der Waals surface area contributed by atoms with Crippen LogP contribution >= 0.6 is 12.2 Å². The van der Waals surface area contributed by atoms with Gasteiger partial charge < -0.3 is 9.55 Å². The second kappa shape index (κ2) is 4.34. The van der Waals surface area contributed by atoms with Crippen molar-refractivity contribution in [3.05, 3.63) is 28.5 Å². The number of rotatable bonds is 2. The fourth-order valence-electron chi connectivity index (χ4n) is 1.94. The van der Waals surface area contributed by atoms with Crippen LogP contribution in [-0.4, -0.2) is 9.55 Å². The molecule has 1 N–H and O–H groups in total. The zero-order valence-electron chi connectivity index (χ0n) is 10.2. The van der Waals surface area contributed by atoms with Crippen LogP contribution in [-0.2, 0) is 0 Å². The van der Waals surface area contributed by atoms with Crippen molar-refractivity contribution >= 4 is 23.3 Å². The average Bonchev–Trinajstić information content (AvgIpc) is 2.63. The average molecular weight is 245 g/mol. The summed E-state index contributed by atoms with van der Waals surface area (Å²) in [5.41, 5.74) is 2.49. The zero-order chi connectivity index (χ0) is 12.6. The number of nitriles is 1. The molecule has 17 heavy (non-hydrogen) atoms. The van der Waals surface area contributed by atoms with E-state index in [0.29, 0.717) is 22.3 Å². The smallest absolute Gasteiger partial charge is 0.178 e. The van der Waals surface area contributed by atoms with Gasteiger partial charge in [-0.25, -0.2) is 0 Å². The first-order valence-corrected chi connectivity index (χ1v) is 6.10. The quantitative estimate of drug-likeness (QED) is 0.818. The third-order valence-corrected chi connectivity index (χ3v) is 3.54. The van der Waals surface area contributed by atoms with Crippen LogP contribution in [0.25, 0.3) is 11.0 Å². The Balaban J connectivity index is 2.78. The van der Waals surface area contributed by atoms with Crippen molar-refractivity contribution in [3.8, 4) is 6.07 Å². The van der Waals surface area contributed by atoms with Gasteiger partial charge in [-0.2, -0.15) is 5.26 Å². The highest BCUT2D eigenvalue weighted by Crippen LogP contribution is 2.25. The van der Waals surface area contributed by atoms with Gasteiger partial charge in [0.2, 0.25) is 0 Å². The molecule has 2 rings (SSSR count). The number of nitrogens with one attached hydrogen (secondary N) is 1. The molecular weight excluding hydrogens is 230 g/mol. The number of fused-ring (bicyclic) bond motifs is 1. The Bertz CT molecular complexity index is 643. The Hall–Kier alpha value is -1.60. The number of aromatic nitrogens is 2. The zero-order valence-corrected chi connectivity index (χ0v) is 11.0. The van der Waals surface area contributed by atoms with Crippen molar-refractivity contribution in [2.45, 2.75) is 26.8 Å². The molecule has 2 aromatic rings. The summed E-state index contributed by atoms with van der Waals surface area (Å²) in [5, 5.41) is 9.07. The van der Waals surface area contributed by atoms with E-state index in [1.165, 1.54) is 0 Å². The van der Waals surface area contributed by atoms with Crippen LogP contribution in [0.15, 0.2) is 18.2 Å². The molecule has 3 nitrogen and oxygen atoms in total. The van der Waals surface area contributed by atoms with Crippen LogP contribution in [0.5, 0.6) is 0 Å². The van der Waals surface area contributed by atoms with E-state index in [2.05, 4.69) is 36.4 Å². The van der Waals surface area contributed by atoms with E-state index in [1.807, 2.05) is 12.1 Å². The molecule has 0 aliphatic rings. The summed E-state index contributed by atoms with van der Waals surface area (Å²) in [7, 11) is 0. The van der Waals surface area contributed by atoms with Crippen LogP contribution in [0, 0.1) is 22.0 Å². The van der Waals surface area contributed by atoms with Crippen molar-refractivity contribution in [3.63, 3.8) is 0 Å². The number of aromatic amines is 1. The van der Waals surface area contributed by atoms with E-state index in [4.69, 9.17) is 17.5 Å². The Kier molecular flexibility index (Phi) is 3.03. The van der Waals surface area contributed by atoms with Crippen molar-refractivity contribution < 1.29 is 0 Å². The topological polar surface area (TPSA) is 44.5 Å². The Morgan fingerprint density at radius 1 is 1.35 bits per heavy atom. The van der Waals surface area contributed by atoms with Gasteiger partial charge in [-0.1, -0.05) is 19.9 Å². The fraction of sp³-hybridized carbons (Fsp3) is 0.385. The number of hydrogen-bond acceptors (Lipinski definition) is 2. The van der Waals surface area contributed by atoms with Gasteiger partial charge in [-0.15, -0.1) is 0 Å². The van der Waals surface area contributed by atoms with Gasteiger partial charge in [0.15, 0.2) is 4.77 Å². The lowest BCUT2D eigenvalue weighted by Gasteiger charge is -2.18. The van der Waals surface area contributed by atoms with E-state index in [0.717, 1.165) is 11.0 Å². The lowest BCUT2D eigenvalue weighted by molar-refractivity contribution is 0.413. The minimum absolute atomic E-state index is 0.310. The lowest BCUT2D eigenvalue weighted by Crippen LogP contribution is -2.11. The maximum atomic E-state index is 9.07. The van der Waals surface area contributed by atoms with Gasteiger partial charge in [0, 0.05) is 6.04 Å². The first kappa shape index (κ1) is 11.9. The number of benzene rings is 1. The molecule has 0 spiro atoms. The van der Waals surface area contributed by atoms with Crippen LogP contribution in [0.1, 0.15) is 32.4 Å². The summed E-state index contributed by atoms with van der Waals surface area (Å²) < 4.78 is 2.78. The first-order valence-electron chi connectivity index (χ1n) is 5.69. The molecule has 1 aromatic heterocycles. The molecular formula is C13H15N3S. The largest absolute Gasteiger partial charge is 0.329 e. The molecule has 1 unspecified atom stereocenters. The number of para-hydroxylation sites is 1. The van der Waals surface area contributed by atoms with Gasteiger partial charge in [0.1, 0.15) is 6.07 Å². The SMILES string of the molecule is CC(C)C(C)n1c(=S)[nH]c2c(C#N)cccc21.